The van der Waals surface area contributed by atoms with E-state index in [1.165, 1.54) is 32.3 Å². The first kappa shape index (κ1) is 29.9. The summed E-state index contributed by atoms with van der Waals surface area (Å²) in [6, 6.07) is 36.4. The van der Waals surface area contributed by atoms with Crippen LogP contribution < -0.4 is 14.9 Å². The Morgan fingerprint density at radius 2 is 1.33 bits per heavy atom. The van der Waals surface area contributed by atoms with Gasteiger partial charge in [0.1, 0.15) is 4.53 Å². The third-order valence-corrected chi connectivity index (χ3v) is 12.9. The molecule has 8 heteroatoms. The van der Waals surface area contributed by atoms with E-state index >= 15 is 0 Å². The highest BCUT2D eigenvalue weighted by Gasteiger charge is 2.34. The van der Waals surface area contributed by atoms with Gasteiger partial charge in [0.25, 0.3) is 5.56 Å². The number of rotatable bonds is 4. The highest BCUT2D eigenvalue weighted by atomic mass is 35.5. The van der Waals surface area contributed by atoms with Crippen LogP contribution in [0.15, 0.2) is 136 Å². The molecule has 1 aromatic heterocycles. The molecule has 0 saturated carbocycles. The Balaban J connectivity index is 1.32. The summed E-state index contributed by atoms with van der Waals surface area (Å²) in [5, 5.41) is 1.39. The quantitative estimate of drug-likeness (QED) is 0.188. The topological polar surface area (TPSA) is 34.4 Å². The number of benzene rings is 4. The molecule has 5 aromatic rings. The van der Waals surface area contributed by atoms with Crippen LogP contribution >= 0.6 is 58.1 Å². The Bertz CT molecular complexity index is 2200. The summed E-state index contributed by atoms with van der Waals surface area (Å²) in [5.41, 5.74) is 7.78. The summed E-state index contributed by atoms with van der Waals surface area (Å²) in [6.45, 7) is 0. The van der Waals surface area contributed by atoms with Gasteiger partial charge in [0.05, 0.1) is 16.0 Å². The molecular formula is C38H26Cl2N2OS3. The molecule has 0 N–H and O–H groups in total. The van der Waals surface area contributed by atoms with E-state index in [4.69, 9.17) is 28.2 Å². The summed E-state index contributed by atoms with van der Waals surface area (Å²) in [5.74, 6) is 0. The molecule has 0 unspecified atom stereocenters. The van der Waals surface area contributed by atoms with E-state index in [2.05, 4.69) is 54.6 Å². The van der Waals surface area contributed by atoms with E-state index in [0.29, 0.717) is 10.0 Å². The van der Waals surface area contributed by atoms with Gasteiger partial charge in [-0.2, -0.15) is 0 Å². The third kappa shape index (κ3) is 5.56. The number of hydrogen-bond acceptors (Lipinski definition) is 5. The van der Waals surface area contributed by atoms with Crippen molar-refractivity contribution in [3.05, 3.63) is 178 Å². The molecular weight excluding hydrogens is 668 g/mol. The van der Waals surface area contributed by atoms with Gasteiger partial charge in [-0.25, -0.2) is 4.99 Å². The molecule has 1 atom stereocenters. The van der Waals surface area contributed by atoms with Gasteiger partial charge in [0.15, 0.2) is 4.80 Å². The van der Waals surface area contributed by atoms with Gasteiger partial charge in [-0.15, -0.1) is 0 Å². The number of thioether (sulfide) groups is 2. The Hall–Kier alpha value is -3.52. The average Bonchev–Trinajstić information content (AvgIpc) is 3.68. The molecule has 3 nitrogen and oxygen atoms in total. The molecule has 3 heterocycles. The molecule has 0 fully saturated rings. The van der Waals surface area contributed by atoms with E-state index in [1.54, 1.807) is 23.5 Å². The van der Waals surface area contributed by atoms with Crippen molar-refractivity contribution in [2.75, 3.05) is 0 Å². The standard InChI is InChI=1S/C38H26Cl2N2OS3/c39-28-18-14-23(15-19-28)22-27-12-7-13-30-31(27)41-38-42(32(30)24-16-20-29(40)21-17-24)36(43)35(46-38)37-44-33(25-8-3-1-4-9-25)34(45-37)26-10-5-2-6-11-26/h1-6,8-11,14-22,32H,7,12-13H2/b27-22+/t32-/m0/s1. The van der Waals surface area contributed by atoms with Gasteiger partial charge < -0.3 is 0 Å². The molecule has 0 radical (unpaired) electrons. The monoisotopic (exact) mass is 692 g/mol. The van der Waals surface area contributed by atoms with Gasteiger partial charge in [-0.1, -0.05) is 143 Å². The van der Waals surface area contributed by atoms with Gasteiger partial charge in [-0.05, 0) is 83.0 Å². The molecule has 46 heavy (non-hydrogen) atoms. The molecule has 226 valence electrons. The van der Waals surface area contributed by atoms with Gasteiger partial charge in [0, 0.05) is 19.9 Å². The lowest BCUT2D eigenvalue weighted by molar-refractivity contribution is 0.553. The second kappa shape index (κ2) is 12.6. The molecule has 0 spiro atoms. The summed E-state index contributed by atoms with van der Waals surface area (Å²) in [4.78, 5) is 22.9. The number of nitrogens with zero attached hydrogens (tertiary/aromatic N) is 2. The normalized spacial score (nSPS) is 18.5. The van der Waals surface area contributed by atoms with Gasteiger partial charge in [-0.3, -0.25) is 9.36 Å². The smallest absolute Gasteiger partial charge is 0.272 e. The summed E-state index contributed by atoms with van der Waals surface area (Å²) in [6.07, 6.45) is 5.01. The first-order valence-electron chi connectivity index (χ1n) is 15.0. The number of hydrogen-bond donors (Lipinski definition) is 0. The Labute approximate surface area is 289 Å². The first-order valence-corrected chi connectivity index (χ1v) is 18.2. The zero-order chi connectivity index (χ0) is 31.2. The molecule has 0 bridgehead atoms. The van der Waals surface area contributed by atoms with Crippen molar-refractivity contribution in [2.24, 2.45) is 4.99 Å². The van der Waals surface area contributed by atoms with Crippen LogP contribution in [0.5, 0.6) is 0 Å². The second-order valence-corrected chi connectivity index (χ2v) is 15.4. The van der Waals surface area contributed by atoms with Crippen LogP contribution in [0.4, 0.5) is 0 Å². The minimum atomic E-state index is -0.252. The maximum absolute atomic E-state index is 14.6. The number of thiazole rings is 1. The number of aromatic nitrogens is 1. The lowest BCUT2D eigenvalue weighted by Gasteiger charge is -2.31. The summed E-state index contributed by atoms with van der Waals surface area (Å²) < 4.78 is 3.65. The number of fused-ring (bicyclic) bond motifs is 1. The van der Waals surface area contributed by atoms with Crippen LogP contribution in [0.2, 0.25) is 10.0 Å². The predicted octanol–water partition coefficient (Wildman–Crippen LogP) is 10.0. The molecule has 0 amide bonds. The van der Waals surface area contributed by atoms with Crippen LogP contribution in [0, 0.1) is 0 Å². The minimum Gasteiger partial charge on any atom is -0.272 e. The Morgan fingerprint density at radius 1 is 0.739 bits per heavy atom. The fraction of sp³-hybridized carbons (Fsp3) is 0.105. The fourth-order valence-electron chi connectivity index (χ4n) is 6.23. The summed E-state index contributed by atoms with van der Waals surface area (Å²) >= 11 is 17.4. The van der Waals surface area contributed by atoms with E-state index < -0.39 is 0 Å². The second-order valence-electron chi connectivity index (χ2n) is 11.3. The van der Waals surface area contributed by atoms with Crippen molar-refractivity contribution >= 4 is 78.2 Å². The minimum absolute atomic E-state index is 0.000720. The zero-order valence-corrected chi connectivity index (χ0v) is 28.4. The van der Waals surface area contributed by atoms with E-state index in [0.717, 1.165) is 60.8 Å². The third-order valence-electron chi connectivity index (χ3n) is 8.36. The van der Waals surface area contributed by atoms with E-state index in [9.17, 15) is 4.79 Å². The van der Waals surface area contributed by atoms with E-state index in [1.807, 2.05) is 65.2 Å². The van der Waals surface area contributed by atoms with Crippen molar-refractivity contribution < 1.29 is 0 Å². The zero-order valence-electron chi connectivity index (χ0n) is 24.5. The number of allylic oxidation sites excluding steroid dienone is 2. The van der Waals surface area contributed by atoms with E-state index in [-0.39, 0.29) is 11.6 Å². The molecule has 3 aliphatic rings. The lowest BCUT2D eigenvalue weighted by atomic mass is 9.84. The van der Waals surface area contributed by atoms with Crippen LogP contribution in [-0.4, -0.2) is 4.57 Å². The SMILES string of the molecule is O=c1c(=C2SC(c3ccccc3)=C(c3ccccc3)S2)sc2n1[C@@H](c1ccc(Cl)cc1)C1=C(N=2)/C(=C/c2ccc(Cl)cc2)CCC1. The van der Waals surface area contributed by atoms with Crippen molar-refractivity contribution in [1.29, 1.82) is 0 Å². The molecule has 0 saturated heterocycles. The lowest BCUT2D eigenvalue weighted by Crippen LogP contribution is -2.39. The van der Waals surface area contributed by atoms with Crippen LogP contribution in [-0.2, 0) is 0 Å². The van der Waals surface area contributed by atoms with Crippen LogP contribution in [0.3, 0.4) is 0 Å². The Kier molecular flexibility index (Phi) is 8.17. The fourth-order valence-corrected chi connectivity index (χ4v) is 10.4. The molecule has 2 aliphatic heterocycles. The maximum Gasteiger partial charge on any atom is 0.272 e. The molecule has 4 aromatic carbocycles. The maximum atomic E-state index is 14.6. The van der Waals surface area contributed by atoms with Crippen LogP contribution in [0.1, 0.15) is 47.6 Å². The van der Waals surface area contributed by atoms with Gasteiger partial charge >= 0.3 is 0 Å². The van der Waals surface area contributed by atoms with Crippen molar-refractivity contribution in [3.8, 4) is 0 Å². The highest BCUT2D eigenvalue weighted by molar-refractivity contribution is 8.41. The first-order chi connectivity index (χ1) is 22.5. The van der Waals surface area contributed by atoms with Crippen LogP contribution in [0.25, 0.3) is 20.1 Å². The highest BCUT2D eigenvalue weighted by Crippen LogP contribution is 2.57. The predicted molar refractivity (Wildman–Crippen MR) is 198 cm³/mol. The van der Waals surface area contributed by atoms with Crippen molar-refractivity contribution in [1.82, 2.24) is 4.57 Å². The summed E-state index contributed by atoms with van der Waals surface area (Å²) in [7, 11) is 0. The van der Waals surface area contributed by atoms with Crippen molar-refractivity contribution in [2.45, 2.75) is 25.3 Å². The number of halogens is 2. The molecule has 8 rings (SSSR count). The van der Waals surface area contributed by atoms with Gasteiger partial charge in [0.2, 0.25) is 0 Å². The average molecular weight is 694 g/mol. The van der Waals surface area contributed by atoms with Crippen molar-refractivity contribution in [3.63, 3.8) is 0 Å². The molecule has 1 aliphatic carbocycles. The Morgan fingerprint density at radius 3 is 1.93 bits per heavy atom. The largest absolute Gasteiger partial charge is 0.272 e.